The van der Waals surface area contributed by atoms with Gasteiger partial charge in [-0.25, -0.2) is 0 Å². The van der Waals surface area contributed by atoms with Gasteiger partial charge < -0.3 is 9.88 Å². The Hall–Kier alpha value is -2.56. The Morgan fingerprint density at radius 1 is 1.32 bits per heavy atom. The van der Waals surface area contributed by atoms with Crippen LogP contribution in [0.15, 0.2) is 48.9 Å². The Morgan fingerprint density at radius 3 is 3.05 bits per heavy atom. The summed E-state index contributed by atoms with van der Waals surface area (Å²) < 4.78 is 2.09. The SMILES string of the molecule is O=C(CCn1ccc2ccccc21)Nc1cn[nH]c1. The molecule has 3 rings (SSSR count). The van der Waals surface area contributed by atoms with Gasteiger partial charge >= 0.3 is 0 Å². The van der Waals surface area contributed by atoms with Crippen LogP contribution >= 0.6 is 0 Å². The first-order chi connectivity index (χ1) is 9.33. The lowest BCUT2D eigenvalue weighted by atomic mass is 10.2. The van der Waals surface area contributed by atoms with Crippen molar-refractivity contribution in [2.24, 2.45) is 0 Å². The maximum absolute atomic E-state index is 11.8. The molecule has 0 bridgehead atoms. The van der Waals surface area contributed by atoms with Crippen molar-refractivity contribution in [3.05, 3.63) is 48.9 Å². The quantitative estimate of drug-likeness (QED) is 0.751. The molecule has 0 aliphatic heterocycles. The summed E-state index contributed by atoms with van der Waals surface area (Å²) in [6.45, 7) is 0.664. The van der Waals surface area contributed by atoms with Gasteiger partial charge in [-0.3, -0.25) is 9.89 Å². The number of hydrogen-bond donors (Lipinski definition) is 2. The Bertz CT molecular complexity index is 684. The number of nitrogens with one attached hydrogen (secondary N) is 2. The van der Waals surface area contributed by atoms with Crippen LogP contribution in [0.3, 0.4) is 0 Å². The van der Waals surface area contributed by atoms with Crippen LogP contribution in [0, 0.1) is 0 Å². The van der Waals surface area contributed by atoms with Crippen molar-refractivity contribution in [2.75, 3.05) is 5.32 Å². The van der Waals surface area contributed by atoms with Gasteiger partial charge in [-0.1, -0.05) is 18.2 Å². The van der Waals surface area contributed by atoms with Crippen LogP contribution in [-0.4, -0.2) is 20.7 Å². The normalized spacial score (nSPS) is 10.7. The van der Waals surface area contributed by atoms with Crippen LogP contribution in [0.4, 0.5) is 5.69 Å². The molecule has 1 aromatic carbocycles. The molecule has 0 radical (unpaired) electrons. The van der Waals surface area contributed by atoms with E-state index in [-0.39, 0.29) is 5.91 Å². The highest BCUT2D eigenvalue weighted by Crippen LogP contribution is 2.15. The average molecular weight is 254 g/mol. The number of carbonyl (C=O) groups is 1. The van der Waals surface area contributed by atoms with Crippen LogP contribution in [0.5, 0.6) is 0 Å². The zero-order valence-corrected chi connectivity index (χ0v) is 10.3. The number of aromatic nitrogens is 3. The Labute approximate surface area is 110 Å². The molecule has 0 aliphatic carbocycles. The molecule has 2 N–H and O–H groups in total. The van der Waals surface area contributed by atoms with Gasteiger partial charge in [0.05, 0.1) is 11.9 Å². The predicted molar refractivity (Wildman–Crippen MR) is 73.8 cm³/mol. The molecular weight excluding hydrogens is 240 g/mol. The van der Waals surface area contributed by atoms with Gasteiger partial charge in [-0.15, -0.1) is 0 Å². The lowest BCUT2D eigenvalue weighted by Crippen LogP contribution is -2.13. The van der Waals surface area contributed by atoms with Crippen molar-refractivity contribution in [3.8, 4) is 0 Å². The summed E-state index contributed by atoms with van der Waals surface area (Å²) in [6, 6.07) is 10.2. The van der Waals surface area contributed by atoms with Crippen LogP contribution in [0.2, 0.25) is 0 Å². The van der Waals surface area contributed by atoms with Crippen LogP contribution < -0.4 is 5.32 Å². The van der Waals surface area contributed by atoms with E-state index in [1.807, 2.05) is 18.3 Å². The molecular formula is C14H14N4O. The standard InChI is InChI=1S/C14H14N4O/c19-14(17-12-9-15-16-10-12)6-8-18-7-5-11-3-1-2-4-13(11)18/h1-5,7,9-10H,6,8H2,(H,15,16)(H,17,19). The number of benzene rings is 1. The lowest BCUT2D eigenvalue weighted by Gasteiger charge is -2.05. The molecule has 2 heterocycles. The van der Waals surface area contributed by atoms with Gasteiger partial charge in [-0.2, -0.15) is 5.10 Å². The number of anilines is 1. The fourth-order valence-corrected chi connectivity index (χ4v) is 2.10. The summed E-state index contributed by atoms with van der Waals surface area (Å²) >= 11 is 0. The number of rotatable bonds is 4. The van der Waals surface area contributed by atoms with Crippen LogP contribution in [-0.2, 0) is 11.3 Å². The van der Waals surface area contributed by atoms with E-state index in [0.29, 0.717) is 18.7 Å². The maximum atomic E-state index is 11.8. The van der Waals surface area contributed by atoms with Crippen LogP contribution in [0.1, 0.15) is 6.42 Å². The van der Waals surface area contributed by atoms with E-state index < -0.39 is 0 Å². The minimum absolute atomic E-state index is 0.0146. The summed E-state index contributed by atoms with van der Waals surface area (Å²) in [4.78, 5) is 11.8. The van der Waals surface area contributed by atoms with Crippen molar-refractivity contribution in [1.29, 1.82) is 0 Å². The van der Waals surface area contributed by atoms with Crippen molar-refractivity contribution < 1.29 is 4.79 Å². The summed E-state index contributed by atoms with van der Waals surface area (Å²) in [5, 5.41) is 10.4. The molecule has 5 heteroatoms. The van der Waals surface area contributed by atoms with Crippen molar-refractivity contribution in [1.82, 2.24) is 14.8 Å². The number of para-hydroxylation sites is 1. The van der Waals surface area contributed by atoms with Gasteiger partial charge in [0.15, 0.2) is 0 Å². The smallest absolute Gasteiger partial charge is 0.226 e. The Balaban J connectivity index is 1.64. The molecule has 0 saturated carbocycles. The monoisotopic (exact) mass is 254 g/mol. The third kappa shape index (κ3) is 2.49. The number of carbonyl (C=O) groups excluding carboxylic acids is 1. The molecule has 0 atom stereocenters. The Morgan fingerprint density at radius 2 is 2.21 bits per heavy atom. The van der Waals surface area contributed by atoms with Gasteiger partial charge in [0.2, 0.25) is 5.91 Å². The summed E-state index contributed by atoms with van der Waals surface area (Å²) in [7, 11) is 0. The van der Waals surface area contributed by atoms with Crippen molar-refractivity contribution in [3.63, 3.8) is 0 Å². The summed E-state index contributed by atoms with van der Waals surface area (Å²) in [5.41, 5.74) is 1.85. The van der Waals surface area contributed by atoms with E-state index >= 15 is 0 Å². The maximum Gasteiger partial charge on any atom is 0.226 e. The first kappa shape index (κ1) is 11.5. The number of fused-ring (bicyclic) bond motifs is 1. The highest BCUT2D eigenvalue weighted by molar-refractivity contribution is 5.90. The largest absolute Gasteiger partial charge is 0.347 e. The van der Waals surface area contributed by atoms with Crippen molar-refractivity contribution in [2.45, 2.75) is 13.0 Å². The van der Waals surface area contributed by atoms with E-state index in [4.69, 9.17) is 0 Å². The predicted octanol–water partition coefficient (Wildman–Crippen LogP) is 2.39. The average Bonchev–Trinajstić information content (AvgIpc) is 3.05. The fourth-order valence-electron chi connectivity index (χ4n) is 2.10. The zero-order valence-electron chi connectivity index (χ0n) is 10.3. The highest BCUT2D eigenvalue weighted by Gasteiger charge is 2.05. The highest BCUT2D eigenvalue weighted by atomic mass is 16.1. The number of H-pyrrole nitrogens is 1. The van der Waals surface area contributed by atoms with E-state index in [0.717, 1.165) is 5.52 Å². The molecule has 0 unspecified atom stereocenters. The molecule has 2 aromatic heterocycles. The Kier molecular flexibility index (Phi) is 3.02. The van der Waals surface area contributed by atoms with E-state index in [2.05, 4.69) is 38.3 Å². The minimum atomic E-state index is -0.0146. The number of amides is 1. The molecule has 96 valence electrons. The number of nitrogens with zero attached hydrogens (tertiary/aromatic N) is 2. The molecule has 1 amide bonds. The summed E-state index contributed by atoms with van der Waals surface area (Å²) in [6.07, 6.45) is 5.69. The molecule has 5 nitrogen and oxygen atoms in total. The van der Waals surface area contributed by atoms with Crippen LogP contribution in [0.25, 0.3) is 10.9 Å². The third-order valence-electron chi connectivity index (χ3n) is 3.04. The molecule has 3 aromatic rings. The number of aryl methyl sites for hydroxylation is 1. The molecule has 0 saturated heterocycles. The number of hydrogen-bond acceptors (Lipinski definition) is 2. The number of aromatic amines is 1. The second-order valence-electron chi connectivity index (χ2n) is 4.35. The topological polar surface area (TPSA) is 62.7 Å². The second-order valence-corrected chi connectivity index (χ2v) is 4.35. The van der Waals surface area contributed by atoms with Gasteiger partial charge in [0, 0.05) is 30.9 Å². The van der Waals surface area contributed by atoms with E-state index in [1.54, 1.807) is 12.4 Å². The fraction of sp³-hybridized carbons (Fsp3) is 0.143. The third-order valence-corrected chi connectivity index (χ3v) is 3.04. The van der Waals surface area contributed by atoms with Gasteiger partial charge in [-0.05, 0) is 17.5 Å². The molecule has 19 heavy (non-hydrogen) atoms. The van der Waals surface area contributed by atoms with Gasteiger partial charge in [0.25, 0.3) is 0 Å². The summed E-state index contributed by atoms with van der Waals surface area (Å²) in [5.74, 6) is -0.0146. The second kappa shape index (κ2) is 4.97. The molecule has 0 fully saturated rings. The van der Waals surface area contributed by atoms with E-state index in [9.17, 15) is 4.79 Å². The molecule has 0 spiro atoms. The van der Waals surface area contributed by atoms with Crippen molar-refractivity contribution >= 4 is 22.5 Å². The van der Waals surface area contributed by atoms with E-state index in [1.165, 1.54) is 5.39 Å². The first-order valence-corrected chi connectivity index (χ1v) is 6.15. The molecule has 0 aliphatic rings. The lowest BCUT2D eigenvalue weighted by molar-refractivity contribution is -0.116. The minimum Gasteiger partial charge on any atom is -0.347 e. The first-order valence-electron chi connectivity index (χ1n) is 6.15. The zero-order chi connectivity index (χ0) is 13.1. The van der Waals surface area contributed by atoms with Gasteiger partial charge in [0.1, 0.15) is 0 Å².